The molecule has 0 aliphatic rings. The van der Waals surface area contributed by atoms with Gasteiger partial charge in [-0.25, -0.2) is 0 Å². The van der Waals surface area contributed by atoms with Crippen LogP contribution in [0.25, 0.3) is 0 Å². The van der Waals surface area contributed by atoms with Gasteiger partial charge in [-0.05, 0) is 31.1 Å². The maximum Gasteiger partial charge on any atom is 0.156 e. The van der Waals surface area contributed by atoms with Crippen LogP contribution in [-0.4, -0.2) is 25.0 Å². The average molecular weight is 527 g/mol. The highest BCUT2D eigenvalue weighted by molar-refractivity contribution is 8.13. The molecule has 0 aromatic heterocycles. The molecule has 0 aliphatic carbocycles. The number of hydrogen-bond acceptors (Lipinski definition) is 2. The molecule has 1 N–H and O–H groups in total. The standard InChI is InChI=1S/C28H50N2S.BrH/c1-4-5-6-7-8-9-10-11-12-13-14-15-16-17-18-19-20-21-22-23-24-25-26-27-31-28(29-2)30-3;/h4-14,19-27H2,1-3H3,(H,29,30);1H/p-1. The first-order chi connectivity index (χ1) is 15.3. The minimum Gasteiger partial charge on any atom is -1.00 e. The van der Waals surface area contributed by atoms with Gasteiger partial charge in [0.05, 0.1) is 0 Å². The third-order valence-corrected chi connectivity index (χ3v) is 6.65. The van der Waals surface area contributed by atoms with Crippen LogP contribution in [0, 0.1) is 23.7 Å². The quantitative estimate of drug-likeness (QED) is 0.106. The van der Waals surface area contributed by atoms with Gasteiger partial charge in [-0.15, -0.1) is 0 Å². The SMILES string of the molecule is CCCCCCCCCCCCC#CC#CCCCCCCCCCSC(=NC)NC.[Br-]. The number of unbranched alkanes of at least 4 members (excludes halogenated alkanes) is 17. The Hall–Kier alpha value is -0.580. The number of rotatable bonds is 19. The van der Waals surface area contributed by atoms with Crippen molar-refractivity contribution in [2.24, 2.45) is 4.99 Å². The van der Waals surface area contributed by atoms with Gasteiger partial charge in [-0.1, -0.05) is 120 Å². The van der Waals surface area contributed by atoms with E-state index in [9.17, 15) is 0 Å². The topological polar surface area (TPSA) is 24.4 Å². The molecule has 0 saturated carbocycles. The summed E-state index contributed by atoms with van der Waals surface area (Å²) in [6, 6.07) is 0. The first-order valence-electron chi connectivity index (χ1n) is 13.1. The molecule has 0 heterocycles. The fourth-order valence-corrected chi connectivity index (χ4v) is 4.35. The third kappa shape index (κ3) is 27.5. The van der Waals surface area contributed by atoms with E-state index in [-0.39, 0.29) is 17.0 Å². The molecule has 0 bridgehead atoms. The van der Waals surface area contributed by atoms with Crippen molar-refractivity contribution in [1.82, 2.24) is 5.32 Å². The van der Waals surface area contributed by atoms with Crippen molar-refractivity contribution in [3.63, 3.8) is 0 Å². The molecule has 0 amide bonds. The van der Waals surface area contributed by atoms with Gasteiger partial charge < -0.3 is 22.3 Å². The van der Waals surface area contributed by atoms with Crippen LogP contribution in [0.15, 0.2) is 4.99 Å². The maximum atomic E-state index is 4.18. The monoisotopic (exact) mass is 525 g/mol. The van der Waals surface area contributed by atoms with Gasteiger partial charge in [0.15, 0.2) is 5.17 Å². The highest BCUT2D eigenvalue weighted by Gasteiger charge is 1.96. The van der Waals surface area contributed by atoms with Gasteiger partial charge in [0.2, 0.25) is 0 Å². The molecule has 32 heavy (non-hydrogen) atoms. The number of nitrogens with zero attached hydrogens (tertiary/aromatic N) is 1. The zero-order chi connectivity index (χ0) is 22.7. The first-order valence-corrected chi connectivity index (χ1v) is 14.1. The maximum absolute atomic E-state index is 4.18. The van der Waals surface area contributed by atoms with E-state index in [1.54, 1.807) is 0 Å². The van der Waals surface area contributed by atoms with Crippen molar-refractivity contribution in [2.75, 3.05) is 19.8 Å². The van der Waals surface area contributed by atoms with E-state index in [1.165, 1.54) is 115 Å². The van der Waals surface area contributed by atoms with Crippen molar-refractivity contribution >= 4 is 16.9 Å². The highest BCUT2D eigenvalue weighted by atomic mass is 79.9. The number of nitrogens with one attached hydrogen (secondary N) is 1. The Balaban J connectivity index is 0. The van der Waals surface area contributed by atoms with Gasteiger partial charge in [0.1, 0.15) is 0 Å². The van der Waals surface area contributed by atoms with Crippen LogP contribution < -0.4 is 22.3 Å². The van der Waals surface area contributed by atoms with Crippen LogP contribution in [0.1, 0.15) is 129 Å². The summed E-state index contributed by atoms with van der Waals surface area (Å²) in [5, 5.41) is 4.16. The van der Waals surface area contributed by atoms with E-state index < -0.39 is 0 Å². The Morgan fingerprint density at radius 3 is 1.47 bits per heavy atom. The number of aliphatic imine (C=N–C) groups is 1. The van der Waals surface area contributed by atoms with Crippen LogP contribution >= 0.6 is 11.8 Å². The summed E-state index contributed by atoms with van der Waals surface area (Å²) in [5.74, 6) is 13.7. The summed E-state index contributed by atoms with van der Waals surface area (Å²) in [6.07, 6.45) is 25.1. The van der Waals surface area contributed by atoms with Gasteiger partial charge >= 0.3 is 0 Å². The molecule has 0 aromatic rings. The number of halogens is 1. The molecule has 0 rings (SSSR count). The summed E-state index contributed by atoms with van der Waals surface area (Å²) in [6.45, 7) is 2.28. The summed E-state index contributed by atoms with van der Waals surface area (Å²) in [5.41, 5.74) is 0. The highest BCUT2D eigenvalue weighted by Crippen LogP contribution is 2.12. The van der Waals surface area contributed by atoms with Gasteiger partial charge in [0, 0.05) is 32.7 Å². The van der Waals surface area contributed by atoms with Crippen LogP contribution in [0.4, 0.5) is 0 Å². The first kappa shape index (κ1) is 33.6. The van der Waals surface area contributed by atoms with E-state index in [0.717, 1.165) is 18.0 Å². The molecular formula is C28H50BrN2S-. The van der Waals surface area contributed by atoms with E-state index in [0.29, 0.717) is 0 Å². The smallest absolute Gasteiger partial charge is 0.156 e. The Kier molecular flexibility index (Phi) is 31.9. The lowest BCUT2D eigenvalue weighted by molar-refractivity contribution is -0.00000673. The molecular weight excluding hydrogens is 476 g/mol. The minimum absolute atomic E-state index is 0. The van der Waals surface area contributed by atoms with Crippen molar-refractivity contribution in [2.45, 2.75) is 129 Å². The zero-order valence-electron chi connectivity index (χ0n) is 21.4. The predicted molar refractivity (Wildman–Crippen MR) is 144 cm³/mol. The number of thioether (sulfide) groups is 1. The largest absolute Gasteiger partial charge is 1.00 e. The Labute approximate surface area is 216 Å². The van der Waals surface area contributed by atoms with E-state index >= 15 is 0 Å². The number of amidine groups is 1. The average Bonchev–Trinajstić information content (AvgIpc) is 2.79. The van der Waals surface area contributed by atoms with Crippen molar-refractivity contribution in [1.29, 1.82) is 0 Å². The normalized spacial score (nSPS) is 10.5. The molecule has 0 atom stereocenters. The molecule has 4 heteroatoms. The van der Waals surface area contributed by atoms with Gasteiger partial charge in [-0.2, -0.15) is 0 Å². The van der Waals surface area contributed by atoms with Crippen LogP contribution in [0.5, 0.6) is 0 Å². The lowest BCUT2D eigenvalue weighted by atomic mass is 10.1. The Morgan fingerprint density at radius 1 is 0.656 bits per heavy atom. The molecule has 0 aromatic carbocycles. The molecule has 0 saturated heterocycles. The summed E-state index contributed by atoms with van der Waals surface area (Å²) in [7, 11) is 3.78. The van der Waals surface area contributed by atoms with Crippen LogP contribution in [0.2, 0.25) is 0 Å². The van der Waals surface area contributed by atoms with E-state index in [2.05, 4.69) is 40.9 Å². The van der Waals surface area contributed by atoms with Crippen molar-refractivity contribution < 1.29 is 17.0 Å². The van der Waals surface area contributed by atoms with Crippen molar-refractivity contribution in [3.05, 3.63) is 0 Å². The fourth-order valence-electron chi connectivity index (χ4n) is 3.53. The van der Waals surface area contributed by atoms with Gasteiger partial charge in [-0.3, -0.25) is 4.99 Å². The van der Waals surface area contributed by atoms with Crippen molar-refractivity contribution in [3.8, 4) is 23.7 Å². The molecule has 0 aliphatic heterocycles. The van der Waals surface area contributed by atoms with E-state index in [4.69, 9.17) is 0 Å². The fraction of sp³-hybridized carbons (Fsp3) is 0.821. The van der Waals surface area contributed by atoms with E-state index in [1.807, 2.05) is 25.9 Å². The van der Waals surface area contributed by atoms with Gasteiger partial charge in [0.25, 0.3) is 0 Å². The molecule has 2 nitrogen and oxygen atoms in total. The van der Waals surface area contributed by atoms with Crippen LogP contribution in [-0.2, 0) is 0 Å². The second-order valence-corrected chi connectivity index (χ2v) is 9.47. The second kappa shape index (κ2) is 30.4. The number of hydrogen-bond donors (Lipinski definition) is 1. The Morgan fingerprint density at radius 2 is 1.06 bits per heavy atom. The molecule has 0 spiro atoms. The Bertz CT molecular complexity index is 525. The molecule has 0 radical (unpaired) electrons. The minimum atomic E-state index is 0. The molecule has 186 valence electrons. The molecule has 0 unspecified atom stereocenters. The summed E-state index contributed by atoms with van der Waals surface area (Å²) >= 11 is 1.83. The predicted octanol–water partition coefficient (Wildman–Crippen LogP) is 5.37. The zero-order valence-corrected chi connectivity index (χ0v) is 23.8. The summed E-state index contributed by atoms with van der Waals surface area (Å²) in [4.78, 5) is 4.18. The lowest BCUT2D eigenvalue weighted by Gasteiger charge is -2.04. The molecule has 0 fully saturated rings. The third-order valence-electron chi connectivity index (χ3n) is 5.50. The second-order valence-electron chi connectivity index (χ2n) is 8.39. The van der Waals surface area contributed by atoms with Crippen LogP contribution in [0.3, 0.4) is 0 Å². The summed E-state index contributed by atoms with van der Waals surface area (Å²) < 4.78 is 0. The lowest BCUT2D eigenvalue weighted by Crippen LogP contribution is -3.00.